The van der Waals surface area contributed by atoms with Gasteiger partial charge in [0.25, 0.3) is 0 Å². The van der Waals surface area contributed by atoms with Gasteiger partial charge in [0.15, 0.2) is 5.58 Å². The van der Waals surface area contributed by atoms with Gasteiger partial charge in [-0.1, -0.05) is 121 Å². The number of rotatable bonds is 3. The van der Waals surface area contributed by atoms with Gasteiger partial charge in [0, 0.05) is 44.6 Å². The zero-order valence-corrected chi connectivity index (χ0v) is 27.6. The van der Waals surface area contributed by atoms with Crippen molar-refractivity contribution in [1.82, 2.24) is 0 Å². The van der Waals surface area contributed by atoms with Crippen LogP contribution in [0.15, 0.2) is 156 Å². The molecule has 3 aliphatic rings. The largest absolute Gasteiger partial charge is 0.454 e. The lowest BCUT2D eigenvalue weighted by Gasteiger charge is -2.47. The zero-order valence-electron chi connectivity index (χ0n) is 27.6. The van der Waals surface area contributed by atoms with Crippen LogP contribution in [-0.2, 0) is 12.8 Å². The average molecular weight is 641 g/mol. The summed E-state index contributed by atoms with van der Waals surface area (Å²) in [6.07, 6.45) is 4.68. The predicted molar refractivity (Wildman–Crippen MR) is 210 cm³/mol. The Morgan fingerprint density at radius 1 is 0.500 bits per heavy atom. The maximum atomic E-state index is 6.69. The minimum absolute atomic E-state index is 0.0192. The highest BCUT2D eigenvalue weighted by molar-refractivity contribution is 6.93. The van der Waals surface area contributed by atoms with E-state index >= 15 is 0 Å². The molecule has 3 nitrogen and oxygen atoms in total. The molecule has 0 bridgehead atoms. The van der Waals surface area contributed by atoms with E-state index in [1.807, 2.05) is 0 Å². The number of fused-ring (bicyclic) bond motifs is 8. The lowest BCUT2D eigenvalue weighted by Crippen LogP contribution is -2.61. The SMILES string of the molecule is c1ccc(-c2ccc3c(c2N2B4c5ccccc5N(c5cccc6c5oc5ccccc56)c5cccc(c54)-c4ccccc42)CCCC3)cc1. The van der Waals surface area contributed by atoms with Crippen molar-refractivity contribution in [2.45, 2.75) is 25.7 Å². The van der Waals surface area contributed by atoms with E-state index in [4.69, 9.17) is 4.42 Å². The van der Waals surface area contributed by atoms with Crippen molar-refractivity contribution in [2.24, 2.45) is 0 Å². The molecule has 4 heteroatoms. The molecule has 236 valence electrons. The lowest BCUT2D eigenvalue weighted by atomic mass is 9.43. The van der Waals surface area contributed by atoms with Crippen molar-refractivity contribution < 1.29 is 4.42 Å². The molecular weight excluding hydrogens is 607 g/mol. The molecule has 0 fully saturated rings. The Morgan fingerprint density at radius 2 is 1.20 bits per heavy atom. The third-order valence-corrected chi connectivity index (χ3v) is 11.2. The molecule has 0 atom stereocenters. The van der Waals surface area contributed by atoms with Crippen LogP contribution in [0.4, 0.5) is 28.4 Å². The summed E-state index contributed by atoms with van der Waals surface area (Å²) in [6, 6.07) is 55.7. The predicted octanol–water partition coefficient (Wildman–Crippen LogP) is 10.8. The van der Waals surface area contributed by atoms with Gasteiger partial charge in [-0.3, -0.25) is 0 Å². The van der Waals surface area contributed by atoms with Crippen LogP contribution in [0.5, 0.6) is 0 Å². The molecule has 3 heterocycles. The molecule has 0 spiro atoms. The van der Waals surface area contributed by atoms with E-state index in [0.29, 0.717) is 0 Å². The van der Waals surface area contributed by atoms with E-state index in [1.165, 1.54) is 79.9 Å². The Labute approximate surface area is 292 Å². The van der Waals surface area contributed by atoms with Crippen LogP contribution < -0.4 is 20.6 Å². The number of hydrogen-bond donors (Lipinski definition) is 0. The topological polar surface area (TPSA) is 19.6 Å². The number of nitrogens with zero attached hydrogens (tertiary/aromatic N) is 2. The second kappa shape index (κ2) is 10.8. The van der Waals surface area contributed by atoms with Crippen LogP contribution in [0.25, 0.3) is 44.2 Å². The first-order chi connectivity index (χ1) is 24.8. The number of benzene rings is 7. The molecule has 0 saturated carbocycles. The second-order valence-electron chi connectivity index (χ2n) is 13.8. The summed E-state index contributed by atoms with van der Waals surface area (Å²) in [5.74, 6) is 0. The molecule has 0 amide bonds. The van der Waals surface area contributed by atoms with E-state index in [2.05, 4.69) is 161 Å². The van der Waals surface area contributed by atoms with Crippen molar-refractivity contribution in [3.63, 3.8) is 0 Å². The third kappa shape index (κ3) is 3.88. The number of aryl methyl sites for hydroxylation is 1. The summed E-state index contributed by atoms with van der Waals surface area (Å²) in [6.45, 7) is -0.0192. The molecular formula is C46H33BN2O. The Balaban J connectivity index is 1.24. The number of furan rings is 1. The van der Waals surface area contributed by atoms with Crippen molar-refractivity contribution >= 4 is 68.1 Å². The van der Waals surface area contributed by atoms with Crippen LogP contribution in [0.3, 0.4) is 0 Å². The molecule has 50 heavy (non-hydrogen) atoms. The Bertz CT molecular complexity index is 2640. The van der Waals surface area contributed by atoms with E-state index in [9.17, 15) is 0 Å². The van der Waals surface area contributed by atoms with Crippen LogP contribution in [0, 0.1) is 0 Å². The standard InChI is InChI=1S/C46H33BN2O/c1-2-14-30(15-3-1)33-29-28-31-16-4-5-17-32(31)45(33)49-39-23-9-6-18-34(39)36-20-12-25-41-44(36)47(49)38-22-8-10-24-40(38)48(41)42-26-13-21-37-35-19-7-11-27-43(35)50-46(37)42/h1-3,6-15,18-29H,4-5,16-17H2. The number of anilines is 5. The van der Waals surface area contributed by atoms with Crippen molar-refractivity contribution in [1.29, 1.82) is 0 Å². The van der Waals surface area contributed by atoms with Gasteiger partial charge in [-0.2, -0.15) is 0 Å². The van der Waals surface area contributed by atoms with Gasteiger partial charge in [-0.05, 0) is 89.2 Å². The Morgan fingerprint density at radius 3 is 2.14 bits per heavy atom. The van der Waals surface area contributed by atoms with Gasteiger partial charge < -0.3 is 14.1 Å². The minimum Gasteiger partial charge on any atom is -0.454 e. The Kier molecular flexibility index (Phi) is 6.00. The zero-order chi connectivity index (χ0) is 32.8. The fourth-order valence-corrected chi connectivity index (χ4v) is 9.15. The summed E-state index contributed by atoms with van der Waals surface area (Å²) < 4.78 is 6.69. The highest BCUT2D eigenvalue weighted by Gasteiger charge is 2.46. The molecule has 1 aliphatic carbocycles. The summed E-state index contributed by atoms with van der Waals surface area (Å²) in [4.78, 5) is 5.17. The van der Waals surface area contributed by atoms with E-state index in [1.54, 1.807) is 0 Å². The molecule has 2 aliphatic heterocycles. The number of hydrogen-bond acceptors (Lipinski definition) is 3. The molecule has 11 rings (SSSR count). The second-order valence-corrected chi connectivity index (χ2v) is 13.8. The monoisotopic (exact) mass is 640 g/mol. The maximum Gasteiger partial charge on any atom is 0.333 e. The quantitative estimate of drug-likeness (QED) is 0.179. The maximum absolute atomic E-state index is 6.69. The van der Waals surface area contributed by atoms with Crippen LogP contribution in [0.1, 0.15) is 24.0 Å². The molecule has 0 N–H and O–H groups in total. The van der Waals surface area contributed by atoms with E-state index in [0.717, 1.165) is 40.5 Å². The fourth-order valence-electron chi connectivity index (χ4n) is 9.15. The highest BCUT2D eigenvalue weighted by atomic mass is 16.3. The smallest absolute Gasteiger partial charge is 0.333 e. The summed E-state index contributed by atoms with van der Waals surface area (Å²) in [5, 5.41) is 2.28. The average Bonchev–Trinajstić information content (AvgIpc) is 3.57. The molecule has 8 aromatic rings. The lowest BCUT2D eigenvalue weighted by molar-refractivity contribution is 0.669. The highest BCUT2D eigenvalue weighted by Crippen LogP contribution is 2.51. The summed E-state index contributed by atoms with van der Waals surface area (Å²) >= 11 is 0. The van der Waals surface area contributed by atoms with E-state index < -0.39 is 0 Å². The number of para-hydroxylation sites is 4. The minimum atomic E-state index is -0.0192. The van der Waals surface area contributed by atoms with Crippen molar-refractivity contribution in [3.8, 4) is 22.3 Å². The Hall–Kier alpha value is -6.00. The third-order valence-electron chi connectivity index (χ3n) is 11.2. The van der Waals surface area contributed by atoms with Crippen molar-refractivity contribution in [3.05, 3.63) is 163 Å². The van der Waals surface area contributed by atoms with Crippen LogP contribution in [0.2, 0.25) is 0 Å². The fraction of sp³-hybridized carbons (Fsp3) is 0.0870. The van der Waals surface area contributed by atoms with Gasteiger partial charge in [0.05, 0.1) is 5.69 Å². The first kappa shape index (κ1) is 27.9. The molecule has 0 radical (unpaired) electrons. The molecule has 1 aromatic heterocycles. The first-order valence-electron chi connectivity index (χ1n) is 17.9. The van der Waals surface area contributed by atoms with Gasteiger partial charge in [-0.25, -0.2) is 0 Å². The molecule has 0 saturated heterocycles. The van der Waals surface area contributed by atoms with Gasteiger partial charge in [0.1, 0.15) is 5.58 Å². The normalized spacial score (nSPS) is 14.4. The summed E-state index contributed by atoms with van der Waals surface area (Å²) in [7, 11) is 0. The van der Waals surface area contributed by atoms with Crippen LogP contribution >= 0.6 is 0 Å². The van der Waals surface area contributed by atoms with E-state index in [-0.39, 0.29) is 6.85 Å². The molecule has 7 aromatic carbocycles. The summed E-state index contributed by atoms with van der Waals surface area (Å²) in [5.41, 5.74) is 18.6. The first-order valence-corrected chi connectivity index (χ1v) is 17.9. The van der Waals surface area contributed by atoms with Gasteiger partial charge in [0.2, 0.25) is 0 Å². The van der Waals surface area contributed by atoms with Crippen molar-refractivity contribution in [2.75, 3.05) is 9.71 Å². The van der Waals surface area contributed by atoms with Gasteiger partial charge in [-0.15, -0.1) is 0 Å². The molecule has 0 unspecified atom stereocenters. The van der Waals surface area contributed by atoms with Crippen LogP contribution in [-0.4, -0.2) is 6.85 Å². The van der Waals surface area contributed by atoms with Gasteiger partial charge >= 0.3 is 6.85 Å².